The number of nitrogens with zero attached hydrogens (tertiary/aromatic N) is 6. The van der Waals surface area contributed by atoms with E-state index in [1.807, 2.05) is 31.2 Å². The molecule has 0 amide bonds. The summed E-state index contributed by atoms with van der Waals surface area (Å²) >= 11 is 0. The quantitative estimate of drug-likeness (QED) is 0.487. The highest BCUT2D eigenvalue weighted by Gasteiger charge is 2.29. The zero-order chi connectivity index (χ0) is 29.0. The van der Waals surface area contributed by atoms with E-state index in [4.69, 9.17) is 22.1 Å². The van der Waals surface area contributed by atoms with E-state index in [0.717, 1.165) is 10.2 Å². The van der Waals surface area contributed by atoms with Crippen LogP contribution in [0.15, 0.2) is 36.7 Å². The van der Waals surface area contributed by atoms with Gasteiger partial charge in [0.2, 0.25) is 0 Å². The second kappa shape index (κ2) is 7.81. The van der Waals surface area contributed by atoms with Crippen LogP contribution in [0.2, 0.25) is 0 Å². The minimum Gasteiger partial charge on any atom is -0.373 e. The van der Waals surface area contributed by atoms with Crippen LogP contribution in [-0.4, -0.2) is 36.3 Å². The molecule has 1 aliphatic rings. The third-order valence-corrected chi connectivity index (χ3v) is 5.50. The van der Waals surface area contributed by atoms with Gasteiger partial charge in [0, 0.05) is 49.2 Å². The number of aromatic nitrogens is 6. The molecule has 7 heteroatoms. The van der Waals surface area contributed by atoms with Crippen LogP contribution in [0.1, 0.15) is 65.5 Å². The fraction of sp³-hybridized carbons (Fsp3) is 0.375. The summed E-state index contributed by atoms with van der Waals surface area (Å²) in [7, 11) is 0. The van der Waals surface area contributed by atoms with Crippen molar-refractivity contribution in [1.29, 1.82) is 0 Å². The van der Waals surface area contributed by atoms with Crippen molar-refractivity contribution in [3.63, 3.8) is 0 Å². The fourth-order valence-corrected chi connectivity index (χ4v) is 3.83. The molecule has 7 nitrogen and oxygen atoms in total. The standard InChI is InChI=1S/C24H26N6O/c1-14-5-7-17(8-6-14)21-22-24(27-16(3)15(2)26-22)29-23(28-21)18-9-10-31-20(11-18)19-12-25-30(4)13-19/h5-8,12-13,18,20H,9-11H2,1-4H3/t18-,20+/m1/s1/i2D3,3D3,4D3. The van der Waals surface area contributed by atoms with Gasteiger partial charge in [-0.2, -0.15) is 5.10 Å². The van der Waals surface area contributed by atoms with Gasteiger partial charge in [-0.3, -0.25) is 4.68 Å². The van der Waals surface area contributed by atoms with E-state index in [9.17, 15) is 0 Å². The number of ether oxygens (including phenoxy) is 1. The van der Waals surface area contributed by atoms with Gasteiger partial charge in [-0.25, -0.2) is 19.9 Å². The lowest BCUT2D eigenvalue weighted by atomic mass is 9.92. The van der Waals surface area contributed by atoms with Gasteiger partial charge in [-0.05, 0) is 33.5 Å². The second-order valence-electron chi connectivity index (χ2n) is 7.69. The number of rotatable bonds is 3. The Morgan fingerprint density at radius 3 is 2.68 bits per heavy atom. The maximum Gasteiger partial charge on any atom is 0.182 e. The van der Waals surface area contributed by atoms with Crippen molar-refractivity contribution in [3.05, 3.63) is 65.0 Å². The summed E-state index contributed by atoms with van der Waals surface area (Å²) in [5.74, 6) is 0.135. The molecule has 0 radical (unpaired) electrons. The highest BCUT2D eigenvalue weighted by atomic mass is 16.5. The molecule has 4 aromatic rings. The Bertz CT molecular complexity index is 1540. The third kappa shape index (κ3) is 3.81. The Morgan fingerprint density at radius 2 is 1.90 bits per heavy atom. The molecule has 1 saturated heterocycles. The Kier molecular flexibility index (Phi) is 3.03. The molecule has 158 valence electrons. The van der Waals surface area contributed by atoms with E-state index in [1.54, 1.807) is 0 Å². The van der Waals surface area contributed by atoms with Crippen LogP contribution in [0.4, 0.5) is 0 Å². The molecule has 2 atom stereocenters. The van der Waals surface area contributed by atoms with Gasteiger partial charge < -0.3 is 4.74 Å². The molecule has 0 saturated carbocycles. The zero-order valence-corrected chi connectivity index (χ0v) is 16.8. The molecule has 1 aromatic carbocycles. The van der Waals surface area contributed by atoms with Crippen LogP contribution in [-0.2, 0) is 11.7 Å². The van der Waals surface area contributed by atoms with E-state index in [2.05, 4.69) is 20.1 Å². The van der Waals surface area contributed by atoms with Crippen molar-refractivity contribution < 1.29 is 17.1 Å². The average Bonchev–Trinajstić information content (AvgIpc) is 3.38. The van der Waals surface area contributed by atoms with Crippen molar-refractivity contribution in [3.8, 4) is 11.3 Å². The van der Waals surface area contributed by atoms with E-state index < -0.39 is 38.2 Å². The molecule has 0 aliphatic carbocycles. The Balaban J connectivity index is 1.64. The van der Waals surface area contributed by atoms with Crippen LogP contribution in [0.25, 0.3) is 22.4 Å². The molecule has 0 N–H and O–H groups in total. The van der Waals surface area contributed by atoms with Crippen molar-refractivity contribution >= 4 is 11.2 Å². The summed E-state index contributed by atoms with van der Waals surface area (Å²) in [6.45, 7) is -5.78. The van der Waals surface area contributed by atoms with E-state index in [-0.39, 0.29) is 17.1 Å². The Hall–Kier alpha value is -3.19. The summed E-state index contributed by atoms with van der Waals surface area (Å²) in [4.78, 5) is 17.9. The van der Waals surface area contributed by atoms with E-state index in [0.29, 0.717) is 42.1 Å². The van der Waals surface area contributed by atoms with Crippen LogP contribution in [0.3, 0.4) is 0 Å². The van der Waals surface area contributed by atoms with Gasteiger partial charge in [-0.1, -0.05) is 29.8 Å². The van der Waals surface area contributed by atoms with Gasteiger partial charge in [-0.15, -0.1) is 0 Å². The van der Waals surface area contributed by atoms with E-state index >= 15 is 0 Å². The number of hydrogen-bond donors (Lipinski definition) is 0. The van der Waals surface area contributed by atoms with Gasteiger partial charge in [0.05, 0.1) is 23.7 Å². The van der Waals surface area contributed by atoms with Crippen molar-refractivity contribution in [2.24, 2.45) is 6.98 Å². The first-order chi connectivity index (χ1) is 18.6. The van der Waals surface area contributed by atoms with Crippen molar-refractivity contribution in [2.45, 2.75) is 45.5 Å². The highest BCUT2D eigenvalue weighted by molar-refractivity contribution is 5.87. The number of benzene rings is 1. The summed E-state index contributed by atoms with van der Waals surface area (Å²) in [5, 5.41) is 3.95. The SMILES string of the molecule is [2H]C([2H])([2H])c1nc2nc([C@@H]3CCO[C@H](c4cnn(C([2H])([2H])[2H])c4)C3)nc(-c3ccc(C)cc3)c2nc1C([2H])([2H])[2H]. The van der Waals surface area contributed by atoms with Gasteiger partial charge in [0.25, 0.3) is 0 Å². The predicted octanol–water partition coefficient (Wildman–Crippen LogP) is 4.38. The number of fused-ring (bicyclic) bond motifs is 1. The highest BCUT2D eigenvalue weighted by Crippen LogP contribution is 2.37. The van der Waals surface area contributed by atoms with Crippen molar-refractivity contribution in [1.82, 2.24) is 29.7 Å². The lowest BCUT2D eigenvalue weighted by Gasteiger charge is -2.28. The topological polar surface area (TPSA) is 78.6 Å². The summed E-state index contributed by atoms with van der Waals surface area (Å²) in [6, 6.07) is 7.41. The Labute approximate surface area is 194 Å². The van der Waals surface area contributed by atoms with Gasteiger partial charge in [0.1, 0.15) is 17.0 Å². The first-order valence-electron chi connectivity index (χ1n) is 14.5. The number of hydrogen-bond acceptors (Lipinski definition) is 6. The van der Waals surface area contributed by atoms with Crippen molar-refractivity contribution in [2.75, 3.05) is 6.61 Å². The monoisotopic (exact) mass is 423 g/mol. The second-order valence-corrected chi connectivity index (χ2v) is 7.69. The molecule has 0 unspecified atom stereocenters. The lowest BCUT2D eigenvalue weighted by molar-refractivity contribution is 0.00398. The molecule has 1 aliphatic heterocycles. The van der Waals surface area contributed by atoms with E-state index in [1.165, 1.54) is 12.4 Å². The van der Waals surface area contributed by atoms with Crippen LogP contribution in [0.5, 0.6) is 0 Å². The smallest absolute Gasteiger partial charge is 0.182 e. The number of aryl methyl sites for hydroxylation is 4. The molecule has 1 fully saturated rings. The van der Waals surface area contributed by atoms with Crippen LogP contribution < -0.4 is 0 Å². The molecule has 5 rings (SSSR count). The molecule has 0 bridgehead atoms. The third-order valence-electron chi connectivity index (χ3n) is 5.50. The summed E-state index contributed by atoms with van der Waals surface area (Å²) in [6.07, 6.45) is 3.40. The minimum absolute atomic E-state index is 0.0158. The summed E-state index contributed by atoms with van der Waals surface area (Å²) < 4.78 is 76.9. The fourth-order valence-electron chi connectivity index (χ4n) is 3.83. The molecule has 4 heterocycles. The normalized spacial score (nSPS) is 24.6. The minimum atomic E-state index is -2.83. The lowest BCUT2D eigenvalue weighted by Crippen LogP contribution is -2.20. The summed E-state index contributed by atoms with van der Waals surface area (Å²) in [5.41, 5.74) is 1.44. The molecular weight excluding hydrogens is 388 g/mol. The first-order valence-corrected chi connectivity index (χ1v) is 9.95. The first kappa shape index (κ1) is 12.0. The molecule has 0 spiro atoms. The molecule has 31 heavy (non-hydrogen) atoms. The van der Waals surface area contributed by atoms with Gasteiger partial charge in [0.15, 0.2) is 5.65 Å². The zero-order valence-electron chi connectivity index (χ0n) is 25.8. The molecule has 3 aromatic heterocycles. The molecular formula is C24H26N6O. The maximum atomic E-state index is 7.90. The largest absolute Gasteiger partial charge is 0.373 e. The van der Waals surface area contributed by atoms with Gasteiger partial charge >= 0.3 is 0 Å². The van der Waals surface area contributed by atoms with Crippen LogP contribution in [0, 0.1) is 20.6 Å². The average molecular weight is 424 g/mol. The maximum absolute atomic E-state index is 7.90. The predicted molar refractivity (Wildman–Crippen MR) is 119 cm³/mol. The Morgan fingerprint density at radius 1 is 1.06 bits per heavy atom. The van der Waals surface area contributed by atoms with Crippen LogP contribution >= 0.6 is 0 Å².